The summed E-state index contributed by atoms with van der Waals surface area (Å²) >= 11 is 0. The minimum absolute atomic E-state index is 0.0606. The Kier molecular flexibility index (Phi) is 13.1. The Balaban J connectivity index is 2.17. The van der Waals surface area contributed by atoms with Crippen molar-refractivity contribution in [2.75, 3.05) is 52.5 Å². The molecule has 0 radical (unpaired) electrons. The van der Waals surface area contributed by atoms with Gasteiger partial charge < -0.3 is 29.9 Å². The molecule has 2 rings (SSSR count). The highest BCUT2D eigenvalue weighted by atomic mass is 16.5. The molecule has 37 heavy (non-hydrogen) atoms. The molecule has 1 unspecified atom stereocenters. The van der Waals surface area contributed by atoms with Gasteiger partial charge in [0.25, 0.3) is 0 Å². The number of hydrogen-bond acceptors (Lipinski definition) is 8. The molecule has 13 nitrogen and oxygen atoms in total. The van der Waals surface area contributed by atoms with Crippen LogP contribution in [0.3, 0.4) is 0 Å². The van der Waals surface area contributed by atoms with E-state index in [1.54, 1.807) is 10.4 Å². The van der Waals surface area contributed by atoms with Crippen LogP contribution in [0.2, 0.25) is 0 Å². The molecule has 5 amide bonds. The van der Waals surface area contributed by atoms with E-state index in [0.29, 0.717) is 65.1 Å². The van der Waals surface area contributed by atoms with E-state index in [1.165, 1.54) is 4.90 Å². The summed E-state index contributed by atoms with van der Waals surface area (Å²) in [7, 11) is 0. The molecule has 2 saturated heterocycles. The number of cyclic esters (lactones) is 1. The lowest BCUT2D eigenvalue weighted by Gasteiger charge is -2.32. The van der Waals surface area contributed by atoms with Crippen LogP contribution >= 0.6 is 0 Å². The molecule has 2 heterocycles. The SMILES string of the molecule is CC(C)CN(CC(=O)N1CCOCC1)C(=O)[C@@H]1CCCCNC(=O)OCCCC(C(=O)NO)CC(=O)N1. The summed E-state index contributed by atoms with van der Waals surface area (Å²) in [6, 6.07) is -0.904. The summed E-state index contributed by atoms with van der Waals surface area (Å²) < 4.78 is 10.4. The summed E-state index contributed by atoms with van der Waals surface area (Å²) in [5, 5.41) is 14.5. The summed E-state index contributed by atoms with van der Waals surface area (Å²) in [5.74, 6) is -2.57. The first-order valence-corrected chi connectivity index (χ1v) is 13.0. The Morgan fingerprint density at radius 1 is 1.11 bits per heavy atom. The molecular weight excluding hydrogens is 486 g/mol. The lowest BCUT2D eigenvalue weighted by molar-refractivity contribution is -0.145. The van der Waals surface area contributed by atoms with Gasteiger partial charge in [-0.2, -0.15) is 0 Å². The Bertz CT molecular complexity index is 787. The Hall–Kier alpha value is -2.93. The van der Waals surface area contributed by atoms with E-state index in [4.69, 9.17) is 14.7 Å². The van der Waals surface area contributed by atoms with Crippen molar-refractivity contribution in [2.24, 2.45) is 11.8 Å². The molecule has 0 aliphatic carbocycles. The molecule has 0 aromatic rings. The third-order valence-electron chi connectivity index (χ3n) is 6.25. The lowest BCUT2D eigenvalue weighted by Crippen LogP contribution is -2.53. The second-order valence-corrected chi connectivity index (χ2v) is 9.80. The number of hydrogen-bond donors (Lipinski definition) is 4. The van der Waals surface area contributed by atoms with Crippen LogP contribution in [0.5, 0.6) is 0 Å². The summed E-state index contributed by atoms with van der Waals surface area (Å²) in [5.41, 5.74) is 1.57. The van der Waals surface area contributed by atoms with Crippen molar-refractivity contribution in [1.82, 2.24) is 25.9 Å². The fourth-order valence-electron chi connectivity index (χ4n) is 4.33. The van der Waals surface area contributed by atoms with Gasteiger partial charge in [0.05, 0.1) is 26.4 Å². The van der Waals surface area contributed by atoms with Gasteiger partial charge in [0.15, 0.2) is 0 Å². The zero-order valence-corrected chi connectivity index (χ0v) is 21.8. The molecule has 2 aliphatic rings. The fraction of sp³-hybridized carbons (Fsp3) is 0.792. The van der Waals surface area contributed by atoms with Crippen molar-refractivity contribution in [2.45, 2.75) is 58.4 Å². The van der Waals surface area contributed by atoms with E-state index in [1.807, 2.05) is 13.8 Å². The van der Waals surface area contributed by atoms with Gasteiger partial charge in [-0.25, -0.2) is 10.3 Å². The number of carbonyl (C=O) groups excluding carboxylic acids is 5. The van der Waals surface area contributed by atoms with Gasteiger partial charge in [-0.05, 0) is 38.0 Å². The molecule has 0 aromatic heterocycles. The van der Waals surface area contributed by atoms with Crippen molar-refractivity contribution in [1.29, 1.82) is 0 Å². The second-order valence-electron chi connectivity index (χ2n) is 9.80. The number of rotatable bonds is 6. The number of nitrogens with zero attached hydrogens (tertiary/aromatic N) is 2. The Morgan fingerprint density at radius 3 is 2.51 bits per heavy atom. The van der Waals surface area contributed by atoms with E-state index in [9.17, 15) is 24.0 Å². The van der Waals surface area contributed by atoms with Crippen LogP contribution in [0.4, 0.5) is 4.79 Å². The lowest BCUT2D eigenvalue weighted by atomic mass is 9.97. The van der Waals surface area contributed by atoms with Gasteiger partial charge in [-0.15, -0.1) is 0 Å². The maximum atomic E-state index is 13.6. The highest BCUT2D eigenvalue weighted by Crippen LogP contribution is 2.15. The minimum atomic E-state index is -0.904. The average Bonchev–Trinajstić information content (AvgIpc) is 2.88. The van der Waals surface area contributed by atoms with Crippen molar-refractivity contribution >= 4 is 29.7 Å². The quantitative estimate of drug-likeness (QED) is 0.277. The first-order valence-electron chi connectivity index (χ1n) is 13.0. The average molecular weight is 528 g/mol. The number of amides is 5. The van der Waals surface area contributed by atoms with E-state index in [2.05, 4.69) is 10.6 Å². The van der Waals surface area contributed by atoms with Crippen LogP contribution in [-0.4, -0.2) is 103 Å². The third kappa shape index (κ3) is 10.9. The molecule has 0 saturated carbocycles. The van der Waals surface area contributed by atoms with E-state index in [-0.39, 0.29) is 43.7 Å². The molecule has 2 atom stereocenters. The van der Waals surface area contributed by atoms with Gasteiger partial charge in [0, 0.05) is 38.5 Å². The van der Waals surface area contributed by atoms with Gasteiger partial charge in [0.2, 0.25) is 23.6 Å². The number of alkyl carbamates (subject to hydrolysis) is 1. The molecule has 2 aliphatic heterocycles. The predicted molar refractivity (Wildman–Crippen MR) is 131 cm³/mol. The molecule has 210 valence electrons. The van der Waals surface area contributed by atoms with Crippen molar-refractivity contribution in [3.8, 4) is 0 Å². The first-order chi connectivity index (χ1) is 17.7. The summed E-state index contributed by atoms with van der Waals surface area (Å²) in [6.07, 6.45) is 1.04. The minimum Gasteiger partial charge on any atom is -0.450 e. The van der Waals surface area contributed by atoms with Crippen LogP contribution in [0.15, 0.2) is 0 Å². The highest BCUT2D eigenvalue weighted by molar-refractivity contribution is 5.92. The second kappa shape index (κ2) is 16.0. The molecule has 2 fully saturated rings. The van der Waals surface area contributed by atoms with E-state index < -0.39 is 29.9 Å². The van der Waals surface area contributed by atoms with Gasteiger partial charge in [-0.1, -0.05) is 13.8 Å². The van der Waals surface area contributed by atoms with E-state index in [0.717, 1.165) is 0 Å². The third-order valence-corrected chi connectivity index (χ3v) is 6.25. The number of hydroxylamine groups is 1. The maximum absolute atomic E-state index is 13.6. The first kappa shape index (κ1) is 30.3. The predicted octanol–water partition coefficient (Wildman–Crippen LogP) is 0.0166. The van der Waals surface area contributed by atoms with E-state index >= 15 is 0 Å². The van der Waals surface area contributed by atoms with Crippen LogP contribution < -0.4 is 16.1 Å². The van der Waals surface area contributed by atoms with Gasteiger partial charge in [-0.3, -0.25) is 24.4 Å². The largest absolute Gasteiger partial charge is 0.450 e. The van der Waals surface area contributed by atoms with Gasteiger partial charge >= 0.3 is 6.09 Å². The Labute approximate surface area is 217 Å². The smallest absolute Gasteiger partial charge is 0.407 e. The van der Waals surface area contributed by atoms with Crippen LogP contribution in [0.25, 0.3) is 0 Å². The zero-order valence-electron chi connectivity index (χ0n) is 21.8. The van der Waals surface area contributed by atoms with Crippen molar-refractivity contribution in [3.63, 3.8) is 0 Å². The van der Waals surface area contributed by atoms with Crippen LogP contribution in [-0.2, 0) is 28.7 Å². The standard InChI is InChI=1S/C24H41N5O8/c1-17(2)15-29(16-21(31)28-9-12-36-13-10-28)23(33)19-7-3-4-8-25-24(34)37-11-5-6-18(22(32)27-35)14-20(30)26-19/h17-19,35H,3-16H2,1-2H3,(H,25,34)(H,26,30)(H,27,32)/t18?,19-/m0/s1. The Morgan fingerprint density at radius 2 is 1.84 bits per heavy atom. The highest BCUT2D eigenvalue weighted by Gasteiger charge is 2.31. The number of morpholine rings is 1. The normalized spacial score (nSPS) is 22.5. The summed E-state index contributed by atoms with van der Waals surface area (Å²) in [4.78, 5) is 66.5. The van der Waals surface area contributed by atoms with Gasteiger partial charge in [0.1, 0.15) is 6.04 Å². The summed E-state index contributed by atoms with van der Waals surface area (Å²) in [6.45, 7) is 6.35. The molecular formula is C24H41N5O8. The maximum Gasteiger partial charge on any atom is 0.407 e. The molecule has 0 bridgehead atoms. The topological polar surface area (TPSA) is 167 Å². The van der Waals surface area contributed by atoms with Crippen molar-refractivity contribution in [3.05, 3.63) is 0 Å². The molecule has 13 heteroatoms. The molecule has 0 aromatic carbocycles. The van der Waals surface area contributed by atoms with Crippen LogP contribution in [0.1, 0.15) is 52.4 Å². The monoisotopic (exact) mass is 527 g/mol. The van der Waals surface area contributed by atoms with Crippen molar-refractivity contribution < 1.29 is 38.7 Å². The number of ether oxygens (including phenoxy) is 2. The number of nitrogens with one attached hydrogen (secondary N) is 3. The number of carbonyl (C=O) groups is 5. The van der Waals surface area contributed by atoms with Crippen LogP contribution in [0, 0.1) is 11.8 Å². The molecule has 0 spiro atoms. The molecule has 4 N–H and O–H groups in total. The fourth-order valence-corrected chi connectivity index (χ4v) is 4.33. The zero-order chi connectivity index (χ0) is 27.2.